The number of anilines is 1. The van der Waals surface area contributed by atoms with Gasteiger partial charge in [-0.3, -0.25) is 19.9 Å². The third kappa shape index (κ3) is 5.57. The number of nitrogens with zero attached hydrogens (tertiary/aromatic N) is 2. The predicted octanol–water partition coefficient (Wildman–Crippen LogP) is 4.77. The number of hydrogen-bond acceptors (Lipinski definition) is 4. The quantitative estimate of drug-likeness (QED) is 0.494. The van der Waals surface area contributed by atoms with Crippen LogP contribution >= 0.6 is 0 Å². The summed E-state index contributed by atoms with van der Waals surface area (Å²) in [6, 6.07) is 7.26. The lowest BCUT2D eigenvalue weighted by Gasteiger charge is -2.18. The highest BCUT2D eigenvalue weighted by molar-refractivity contribution is 6.04. The third-order valence-electron chi connectivity index (χ3n) is 4.81. The summed E-state index contributed by atoms with van der Waals surface area (Å²) in [6.07, 6.45) is -1.80. The zero-order chi connectivity index (χ0) is 24.3. The third-order valence-corrected chi connectivity index (χ3v) is 4.81. The molecule has 0 radical (unpaired) electrons. The highest BCUT2D eigenvalue weighted by Crippen LogP contribution is 2.26. The number of halogens is 3. The van der Waals surface area contributed by atoms with Gasteiger partial charge in [0.1, 0.15) is 11.5 Å². The molecule has 3 N–H and O–H groups in total. The van der Waals surface area contributed by atoms with Crippen molar-refractivity contribution >= 4 is 17.8 Å². The molecule has 0 unspecified atom stereocenters. The lowest BCUT2D eigenvalue weighted by atomic mass is 9.95. The van der Waals surface area contributed by atoms with Gasteiger partial charge in [0.25, 0.3) is 12.3 Å². The Balaban J connectivity index is 1.85. The van der Waals surface area contributed by atoms with Crippen molar-refractivity contribution in [2.75, 3.05) is 5.32 Å². The number of aryl methyl sites for hydroxylation is 1. The van der Waals surface area contributed by atoms with Gasteiger partial charge in [-0.05, 0) is 30.7 Å². The number of benzene rings is 1. The molecule has 10 heteroatoms. The molecule has 0 saturated heterocycles. The predicted molar refractivity (Wildman–Crippen MR) is 117 cm³/mol. The minimum absolute atomic E-state index is 0.0180. The number of H-pyrrole nitrogens is 1. The van der Waals surface area contributed by atoms with Crippen LogP contribution in [0.5, 0.6) is 0 Å². The highest BCUT2D eigenvalue weighted by atomic mass is 19.3. The summed E-state index contributed by atoms with van der Waals surface area (Å²) in [5, 5.41) is 5.12. The second-order valence-corrected chi connectivity index (χ2v) is 8.50. The largest absolute Gasteiger partial charge is 0.352 e. The van der Waals surface area contributed by atoms with Crippen molar-refractivity contribution in [2.24, 2.45) is 5.41 Å². The van der Waals surface area contributed by atoms with Crippen molar-refractivity contribution in [3.8, 4) is 11.3 Å². The molecule has 174 valence electrons. The molecule has 0 atom stereocenters. The molecule has 7 nitrogen and oxygen atoms in total. The Labute approximate surface area is 188 Å². The smallest absolute Gasteiger partial charge is 0.281 e. The number of nitrogens with one attached hydrogen (secondary N) is 3. The van der Waals surface area contributed by atoms with Gasteiger partial charge in [-0.15, -0.1) is 0 Å². The Kier molecular flexibility index (Phi) is 6.85. The first-order valence-corrected chi connectivity index (χ1v) is 10.2. The zero-order valence-electron chi connectivity index (χ0n) is 18.6. The van der Waals surface area contributed by atoms with Gasteiger partial charge in [0.2, 0.25) is 11.9 Å². The number of imidazole rings is 1. The summed E-state index contributed by atoms with van der Waals surface area (Å²) >= 11 is 0. The number of rotatable bonds is 6. The normalized spacial score (nSPS) is 11.5. The van der Waals surface area contributed by atoms with Crippen LogP contribution < -0.4 is 10.6 Å². The van der Waals surface area contributed by atoms with E-state index in [-0.39, 0.29) is 35.2 Å². The summed E-state index contributed by atoms with van der Waals surface area (Å²) < 4.78 is 41.1. The molecule has 0 fully saturated rings. The van der Waals surface area contributed by atoms with Gasteiger partial charge in [-0.2, -0.15) is 0 Å². The van der Waals surface area contributed by atoms with E-state index in [4.69, 9.17) is 0 Å². The molecular formula is C23H24F3N5O2. The average Bonchev–Trinajstić information content (AvgIpc) is 3.10. The Morgan fingerprint density at radius 2 is 1.88 bits per heavy atom. The number of amides is 2. The van der Waals surface area contributed by atoms with Crippen molar-refractivity contribution < 1.29 is 22.8 Å². The molecule has 0 aliphatic rings. The second-order valence-electron chi connectivity index (χ2n) is 8.50. The van der Waals surface area contributed by atoms with Crippen LogP contribution in [0.1, 0.15) is 54.5 Å². The van der Waals surface area contributed by atoms with E-state index in [9.17, 15) is 22.8 Å². The Hall–Kier alpha value is -3.69. The number of carbonyl (C=O) groups excluding carboxylic acids is 2. The van der Waals surface area contributed by atoms with Crippen LogP contribution in [-0.2, 0) is 11.3 Å². The molecule has 33 heavy (non-hydrogen) atoms. The molecule has 2 amide bonds. The Morgan fingerprint density at radius 3 is 2.52 bits per heavy atom. The van der Waals surface area contributed by atoms with Crippen molar-refractivity contribution in [1.82, 2.24) is 20.3 Å². The monoisotopic (exact) mass is 459 g/mol. The molecule has 2 heterocycles. The summed E-state index contributed by atoms with van der Waals surface area (Å²) in [7, 11) is 0. The van der Waals surface area contributed by atoms with E-state index in [1.165, 1.54) is 24.4 Å². The SMILES string of the molecule is Cc1[nH]c(NC(=O)c2cc(CNC(=O)C(C)(C)C)cnc2C(F)F)nc1-c1ccccc1F. The molecule has 1 aromatic carbocycles. The van der Waals surface area contributed by atoms with Crippen LogP contribution in [0.25, 0.3) is 11.3 Å². The van der Waals surface area contributed by atoms with Gasteiger partial charge in [0, 0.05) is 29.4 Å². The van der Waals surface area contributed by atoms with E-state index in [0.29, 0.717) is 11.3 Å². The van der Waals surface area contributed by atoms with Crippen LogP contribution in [0.2, 0.25) is 0 Å². The number of pyridine rings is 1. The van der Waals surface area contributed by atoms with Crippen LogP contribution in [0.4, 0.5) is 19.1 Å². The molecule has 2 aromatic heterocycles. The van der Waals surface area contributed by atoms with Crippen LogP contribution in [0.15, 0.2) is 36.5 Å². The van der Waals surface area contributed by atoms with Crippen molar-refractivity contribution in [2.45, 2.75) is 40.7 Å². The first-order chi connectivity index (χ1) is 15.5. The summed E-state index contributed by atoms with van der Waals surface area (Å²) in [4.78, 5) is 35.6. The van der Waals surface area contributed by atoms with Gasteiger partial charge in [-0.1, -0.05) is 32.9 Å². The van der Waals surface area contributed by atoms with E-state index in [1.54, 1.807) is 39.8 Å². The van der Waals surface area contributed by atoms with E-state index in [2.05, 4.69) is 25.6 Å². The van der Waals surface area contributed by atoms with E-state index < -0.39 is 29.3 Å². The van der Waals surface area contributed by atoms with Gasteiger partial charge < -0.3 is 10.3 Å². The van der Waals surface area contributed by atoms with E-state index in [1.807, 2.05) is 0 Å². The van der Waals surface area contributed by atoms with Crippen LogP contribution in [0, 0.1) is 18.2 Å². The molecule has 0 spiro atoms. The molecule has 0 aliphatic carbocycles. The number of carbonyl (C=O) groups is 2. The Morgan fingerprint density at radius 1 is 1.18 bits per heavy atom. The molecule has 3 aromatic rings. The number of aromatic amines is 1. The van der Waals surface area contributed by atoms with Gasteiger partial charge in [-0.25, -0.2) is 18.2 Å². The van der Waals surface area contributed by atoms with Crippen molar-refractivity contribution in [3.63, 3.8) is 0 Å². The summed E-state index contributed by atoms with van der Waals surface area (Å²) in [6.45, 7) is 6.88. The van der Waals surface area contributed by atoms with Crippen LogP contribution in [0.3, 0.4) is 0 Å². The topological polar surface area (TPSA) is 99.8 Å². The minimum atomic E-state index is -2.99. The van der Waals surface area contributed by atoms with Gasteiger partial charge in [0.15, 0.2) is 0 Å². The first kappa shape index (κ1) is 24.0. The minimum Gasteiger partial charge on any atom is -0.352 e. The fourth-order valence-corrected chi connectivity index (χ4v) is 3.03. The van der Waals surface area contributed by atoms with Gasteiger partial charge >= 0.3 is 0 Å². The lowest BCUT2D eigenvalue weighted by molar-refractivity contribution is -0.128. The maximum atomic E-state index is 14.1. The fraction of sp³-hybridized carbons (Fsp3) is 0.304. The zero-order valence-corrected chi connectivity index (χ0v) is 18.6. The number of aromatic nitrogens is 3. The van der Waals surface area contributed by atoms with E-state index in [0.717, 1.165) is 0 Å². The first-order valence-electron chi connectivity index (χ1n) is 10.2. The van der Waals surface area contributed by atoms with Gasteiger partial charge in [0.05, 0.1) is 11.3 Å². The molecule has 0 saturated carbocycles. The number of alkyl halides is 2. The molecular weight excluding hydrogens is 435 g/mol. The summed E-state index contributed by atoms with van der Waals surface area (Å²) in [5.74, 6) is -1.62. The maximum Gasteiger partial charge on any atom is 0.281 e. The maximum absolute atomic E-state index is 14.1. The second kappa shape index (κ2) is 9.43. The number of hydrogen-bond donors (Lipinski definition) is 3. The highest BCUT2D eigenvalue weighted by Gasteiger charge is 2.24. The molecule has 3 rings (SSSR count). The average molecular weight is 459 g/mol. The van der Waals surface area contributed by atoms with Crippen molar-refractivity contribution in [3.05, 3.63) is 64.9 Å². The fourth-order valence-electron chi connectivity index (χ4n) is 3.03. The molecule has 0 bridgehead atoms. The molecule has 0 aliphatic heterocycles. The van der Waals surface area contributed by atoms with Crippen molar-refractivity contribution in [1.29, 1.82) is 0 Å². The standard InChI is InChI=1S/C23H24F3N5O2/c1-12-17(14-7-5-6-8-16(14)24)30-22(29-12)31-20(32)15-9-13(10-27-18(15)19(25)26)11-28-21(33)23(2,3)4/h5-10,19H,11H2,1-4H3,(H,28,33)(H2,29,30,31,32). The summed E-state index contributed by atoms with van der Waals surface area (Å²) in [5.41, 5.74) is -0.299. The Bertz CT molecular complexity index is 1190. The lowest BCUT2D eigenvalue weighted by Crippen LogP contribution is -2.34. The van der Waals surface area contributed by atoms with E-state index >= 15 is 0 Å². The van der Waals surface area contributed by atoms with Crippen LogP contribution in [-0.4, -0.2) is 26.8 Å².